The summed E-state index contributed by atoms with van der Waals surface area (Å²) in [5.41, 5.74) is -0.429. The van der Waals surface area contributed by atoms with Crippen molar-refractivity contribution in [3.8, 4) is 0 Å². The highest BCUT2D eigenvalue weighted by Gasteiger charge is 2.37. The third-order valence-electron chi connectivity index (χ3n) is 7.31. The van der Waals surface area contributed by atoms with Crippen LogP contribution in [0.5, 0.6) is 0 Å². The Morgan fingerprint density at radius 3 is 2.56 bits per heavy atom. The first-order valence-corrected chi connectivity index (χ1v) is 12.0. The third kappa shape index (κ3) is 4.45. The fourth-order valence-electron chi connectivity index (χ4n) is 5.39. The van der Waals surface area contributed by atoms with Crippen molar-refractivity contribution in [1.29, 1.82) is 0 Å². The molecule has 1 unspecified atom stereocenters. The summed E-state index contributed by atoms with van der Waals surface area (Å²) in [4.78, 5) is 40.2. The molecule has 2 fully saturated rings. The van der Waals surface area contributed by atoms with Gasteiger partial charge in [0.05, 0.1) is 17.4 Å². The number of carbonyl (C=O) groups is 1. The fraction of sp³-hybridized carbons (Fsp3) is 0.500. The number of hydrogen-bond donors (Lipinski definition) is 2. The molecule has 0 spiro atoms. The van der Waals surface area contributed by atoms with Crippen LogP contribution in [0.4, 0.5) is 18.9 Å². The molecule has 36 heavy (non-hydrogen) atoms. The number of amides is 1. The molecule has 1 atom stereocenters. The van der Waals surface area contributed by atoms with Crippen LogP contribution in [0.2, 0.25) is 0 Å². The number of nitrogens with one attached hydrogen (secondary N) is 2. The number of piperidine rings is 1. The average molecular weight is 504 g/mol. The van der Waals surface area contributed by atoms with Gasteiger partial charge in [0.25, 0.3) is 11.5 Å². The Bertz CT molecular complexity index is 1320. The van der Waals surface area contributed by atoms with E-state index in [-0.39, 0.29) is 22.9 Å². The second-order valence-electron chi connectivity index (χ2n) is 9.48. The lowest BCUT2D eigenvalue weighted by Crippen LogP contribution is -2.44. The van der Waals surface area contributed by atoms with Crippen LogP contribution in [-0.2, 0) is 13.2 Å². The molecule has 2 N–H and O–H groups in total. The summed E-state index contributed by atoms with van der Waals surface area (Å²) in [5.74, 6) is -0.0185. The monoisotopic (exact) mass is 503 g/mol. The van der Waals surface area contributed by atoms with Crippen molar-refractivity contribution in [1.82, 2.24) is 29.7 Å². The molecule has 5 rings (SSSR count). The SMILES string of the molecule is CNC(=O)c1ccc(N2CCC(N3CCC(c4nc5c(C(F)(F)F)cn(C)c5c(=O)[nH]4)C3)CC2)cn1. The van der Waals surface area contributed by atoms with E-state index in [9.17, 15) is 22.8 Å². The molecule has 5 heterocycles. The summed E-state index contributed by atoms with van der Waals surface area (Å²) in [6, 6.07) is 3.97. The Morgan fingerprint density at radius 1 is 1.17 bits per heavy atom. The summed E-state index contributed by atoms with van der Waals surface area (Å²) in [6.07, 6.45) is 0.660. The fourth-order valence-corrected chi connectivity index (χ4v) is 5.39. The van der Waals surface area contributed by atoms with E-state index < -0.39 is 17.3 Å². The Morgan fingerprint density at radius 2 is 1.92 bits per heavy atom. The number of aromatic nitrogens is 4. The molecular weight excluding hydrogens is 475 g/mol. The van der Waals surface area contributed by atoms with Gasteiger partial charge in [-0.25, -0.2) is 9.97 Å². The minimum atomic E-state index is -4.58. The van der Waals surface area contributed by atoms with Crippen molar-refractivity contribution in [3.63, 3.8) is 0 Å². The molecule has 0 saturated carbocycles. The van der Waals surface area contributed by atoms with Crippen LogP contribution in [0.25, 0.3) is 11.0 Å². The molecule has 192 valence electrons. The van der Waals surface area contributed by atoms with E-state index in [0.717, 1.165) is 50.8 Å². The number of aryl methyl sites for hydroxylation is 1. The predicted molar refractivity (Wildman–Crippen MR) is 128 cm³/mol. The maximum atomic E-state index is 13.5. The zero-order chi connectivity index (χ0) is 25.6. The van der Waals surface area contributed by atoms with Crippen molar-refractivity contribution < 1.29 is 18.0 Å². The number of hydrogen-bond acceptors (Lipinski definition) is 6. The number of pyridine rings is 1. The number of likely N-dealkylation sites (tertiary alicyclic amines) is 1. The van der Waals surface area contributed by atoms with E-state index >= 15 is 0 Å². The number of alkyl halides is 3. The van der Waals surface area contributed by atoms with Crippen molar-refractivity contribution in [2.75, 3.05) is 38.1 Å². The van der Waals surface area contributed by atoms with E-state index in [2.05, 4.69) is 30.1 Å². The van der Waals surface area contributed by atoms with Crippen molar-refractivity contribution in [2.24, 2.45) is 7.05 Å². The second kappa shape index (κ2) is 9.23. The summed E-state index contributed by atoms with van der Waals surface area (Å²) in [5, 5.41) is 2.56. The van der Waals surface area contributed by atoms with Gasteiger partial charge in [-0.3, -0.25) is 14.5 Å². The Hall–Kier alpha value is -3.41. The third-order valence-corrected chi connectivity index (χ3v) is 7.31. The molecule has 3 aromatic rings. The van der Waals surface area contributed by atoms with Gasteiger partial charge < -0.3 is 19.8 Å². The van der Waals surface area contributed by atoms with E-state index in [0.29, 0.717) is 24.1 Å². The standard InChI is InChI=1S/C24H28F3N7O2/c1-28-22(35)18-4-3-16(11-29-18)33-9-6-15(7-10-33)34-8-5-14(12-34)21-30-19-17(24(25,26)27)13-32(2)20(19)23(36)31-21/h3-4,11,13-15H,5-10,12H2,1-2H3,(H,28,35)(H,30,31,36). The number of rotatable bonds is 4. The van der Waals surface area contributed by atoms with Crippen LogP contribution >= 0.6 is 0 Å². The second-order valence-corrected chi connectivity index (χ2v) is 9.48. The number of H-pyrrole nitrogens is 1. The molecule has 0 aromatic carbocycles. The van der Waals surface area contributed by atoms with E-state index in [4.69, 9.17) is 0 Å². The highest BCUT2D eigenvalue weighted by Crippen LogP contribution is 2.35. The maximum Gasteiger partial charge on any atom is 0.419 e. The number of aromatic amines is 1. The molecule has 1 amide bonds. The Labute approximate surface area is 205 Å². The molecule has 2 saturated heterocycles. The van der Waals surface area contributed by atoms with Gasteiger partial charge in [0, 0.05) is 51.9 Å². The average Bonchev–Trinajstić information content (AvgIpc) is 3.49. The highest BCUT2D eigenvalue weighted by molar-refractivity contribution is 5.92. The van der Waals surface area contributed by atoms with E-state index in [1.165, 1.54) is 11.6 Å². The maximum absolute atomic E-state index is 13.5. The molecule has 0 radical (unpaired) electrons. The Kier molecular flexibility index (Phi) is 6.23. The lowest BCUT2D eigenvalue weighted by atomic mass is 10.0. The lowest BCUT2D eigenvalue weighted by molar-refractivity contribution is -0.136. The number of halogens is 3. The molecule has 12 heteroatoms. The molecule has 2 aliphatic heterocycles. The van der Waals surface area contributed by atoms with Gasteiger partial charge in [-0.1, -0.05) is 0 Å². The summed E-state index contributed by atoms with van der Waals surface area (Å²) in [7, 11) is 2.99. The van der Waals surface area contributed by atoms with Crippen molar-refractivity contribution in [3.05, 3.63) is 52.0 Å². The summed E-state index contributed by atoms with van der Waals surface area (Å²) < 4.78 is 41.7. The van der Waals surface area contributed by atoms with E-state index in [1.54, 1.807) is 19.3 Å². The molecule has 0 bridgehead atoms. The van der Waals surface area contributed by atoms with Crippen LogP contribution < -0.4 is 15.8 Å². The van der Waals surface area contributed by atoms with Gasteiger partial charge in [-0.2, -0.15) is 13.2 Å². The van der Waals surface area contributed by atoms with Crippen LogP contribution in [0, 0.1) is 0 Å². The van der Waals surface area contributed by atoms with Gasteiger partial charge in [-0.05, 0) is 37.9 Å². The smallest absolute Gasteiger partial charge is 0.370 e. The lowest BCUT2D eigenvalue weighted by Gasteiger charge is -2.37. The van der Waals surface area contributed by atoms with Crippen LogP contribution in [-0.4, -0.2) is 69.6 Å². The van der Waals surface area contributed by atoms with E-state index in [1.807, 2.05) is 6.07 Å². The van der Waals surface area contributed by atoms with Crippen LogP contribution in [0.1, 0.15) is 47.1 Å². The zero-order valence-corrected chi connectivity index (χ0v) is 20.1. The normalized spacial score (nSPS) is 19.8. The van der Waals surface area contributed by atoms with Gasteiger partial charge in [0.15, 0.2) is 0 Å². The number of carbonyl (C=O) groups excluding carboxylic acids is 1. The summed E-state index contributed by atoms with van der Waals surface area (Å²) >= 11 is 0. The van der Waals surface area contributed by atoms with Crippen LogP contribution in [0.15, 0.2) is 29.3 Å². The largest absolute Gasteiger partial charge is 0.419 e. The Balaban J connectivity index is 1.25. The molecule has 0 aliphatic carbocycles. The minimum Gasteiger partial charge on any atom is -0.370 e. The highest BCUT2D eigenvalue weighted by atomic mass is 19.4. The summed E-state index contributed by atoms with van der Waals surface area (Å²) in [6.45, 7) is 3.13. The van der Waals surface area contributed by atoms with Gasteiger partial charge in [0.1, 0.15) is 22.6 Å². The van der Waals surface area contributed by atoms with Crippen molar-refractivity contribution >= 4 is 22.6 Å². The zero-order valence-electron chi connectivity index (χ0n) is 20.1. The number of fused-ring (bicyclic) bond motifs is 1. The quantitative estimate of drug-likeness (QED) is 0.568. The van der Waals surface area contributed by atoms with Gasteiger partial charge >= 0.3 is 6.18 Å². The van der Waals surface area contributed by atoms with Gasteiger partial charge in [0.2, 0.25) is 0 Å². The van der Waals surface area contributed by atoms with Gasteiger partial charge in [-0.15, -0.1) is 0 Å². The molecule has 9 nitrogen and oxygen atoms in total. The first-order chi connectivity index (χ1) is 17.2. The first kappa shape index (κ1) is 24.3. The molecular formula is C24H28F3N7O2. The topological polar surface area (TPSA) is 99.1 Å². The first-order valence-electron chi connectivity index (χ1n) is 12.0. The molecule has 3 aromatic heterocycles. The number of nitrogens with zero attached hydrogens (tertiary/aromatic N) is 5. The number of anilines is 1. The predicted octanol–water partition coefficient (Wildman–Crippen LogP) is 2.49. The minimum absolute atomic E-state index is 0.0638. The molecule has 2 aliphatic rings. The van der Waals surface area contributed by atoms with Crippen LogP contribution in [0.3, 0.4) is 0 Å². The van der Waals surface area contributed by atoms with Crippen molar-refractivity contribution in [2.45, 2.75) is 37.4 Å².